The van der Waals surface area contributed by atoms with Crippen molar-refractivity contribution in [3.05, 3.63) is 30.3 Å². The summed E-state index contributed by atoms with van der Waals surface area (Å²) in [5.74, 6) is 0.817. The van der Waals surface area contributed by atoms with Crippen molar-refractivity contribution in [3.8, 4) is 5.75 Å². The molecule has 1 unspecified atom stereocenters. The van der Waals surface area contributed by atoms with Crippen molar-refractivity contribution in [1.82, 2.24) is 4.90 Å². The van der Waals surface area contributed by atoms with Gasteiger partial charge in [0.25, 0.3) is 0 Å². The number of hydrogen-bond acceptors (Lipinski definition) is 3. The monoisotopic (exact) mass is 249 g/mol. The Balaban J connectivity index is 1.77. The Labute approximate surface area is 109 Å². The van der Waals surface area contributed by atoms with Crippen LogP contribution in [0.4, 0.5) is 0 Å². The van der Waals surface area contributed by atoms with E-state index in [1.54, 1.807) is 0 Å². The van der Waals surface area contributed by atoms with Crippen LogP contribution < -0.4 is 4.74 Å². The third kappa shape index (κ3) is 3.47. The molecule has 0 aromatic heterocycles. The lowest BCUT2D eigenvalue weighted by Crippen LogP contribution is -2.44. The highest BCUT2D eigenvalue weighted by atomic mass is 16.5. The van der Waals surface area contributed by atoms with Crippen LogP contribution in [0.5, 0.6) is 5.75 Å². The second-order valence-corrected chi connectivity index (χ2v) is 5.64. The summed E-state index contributed by atoms with van der Waals surface area (Å²) in [6.45, 7) is 6.61. The Morgan fingerprint density at radius 1 is 1.33 bits per heavy atom. The molecule has 2 rings (SSSR count). The fraction of sp³-hybridized carbons (Fsp3) is 0.600. The summed E-state index contributed by atoms with van der Waals surface area (Å²) < 4.78 is 5.57. The minimum absolute atomic E-state index is 0.216. The Morgan fingerprint density at radius 3 is 2.67 bits per heavy atom. The molecule has 0 aliphatic carbocycles. The number of nitrogens with zero attached hydrogens (tertiary/aromatic N) is 1. The largest absolute Gasteiger partial charge is 0.491 e. The minimum Gasteiger partial charge on any atom is -0.491 e. The van der Waals surface area contributed by atoms with E-state index >= 15 is 0 Å². The number of β-amino-alcohol motifs (C(OH)–C–C–N with tert-alkyl or cyclic N) is 1. The predicted octanol–water partition coefficient (Wildman–Crippen LogP) is 2.30. The van der Waals surface area contributed by atoms with Gasteiger partial charge in [0, 0.05) is 12.1 Å². The number of ether oxygens (including phenoxy) is 1. The lowest BCUT2D eigenvalue weighted by molar-refractivity contribution is 0.0464. The van der Waals surface area contributed by atoms with E-state index in [1.807, 2.05) is 30.3 Å². The molecule has 1 aliphatic rings. The molecule has 1 atom stereocenters. The zero-order valence-corrected chi connectivity index (χ0v) is 11.3. The molecular weight excluding hydrogens is 226 g/mol. The zero-order valence-electron chi connectivity index (χ0n) is 11.3. The standard InChI is InChI=1S/C15H23NO2/c1-15(2)9-6-10-16(15)11-13(17)12-18-14-7-4-3-5-8-14/h3-5,7-8,13,17H,6,9-12H2,1-2H3. The van der Waals surface area contributed by atoms with Crippen LogP contribution in [0.15, 0.2) is 30.3 Å². The third-order valence-electron chi connectivity index (χ3n) is 3.69. The van der Waals surface area contributed by atoms with Crippen molar-refractivity contribution >= 4 is 0 Å². The van der Waals surface area contributed by atoms with Crippen molar-refractivity contribution < 1.29 is 9.84 Å². The van der Waals surface area contributed by atoms with E-state index < -0.39 is 6.10 Å². The van der Waals surface area contributed by atoms with Crippen LogP contribution in [0, 0.1) is 0 Å². The molecule has 100 valence electrons. The quantitative estimate of drug-likeness (QED) is 0.869. The molecule has 1 heterocycles. The van der Waals surface area contributed by atoms with Crippen LogP contribution >= 0.6 is 0 Å². The van der Waals surface area contributed by atoms with Gasteiger partial charge >= 0.3 is 0 Å². The maximum Gasteiger partial charge on any atom is 0.119 e. The van der Waals surface area contributed by atoms with Gasteiger partial charge in [-0.15, -0.1) is 0 Å². The average molecular weight is 249 g/mol. The van der Waals surface area contributed by atoms with Crippen LogP contribution in [-0.4, -0.2) is 41.3 Å². The molecule has 18 heavy (non-hydrogen) atoms. The molecule has 1 N–H and O–H groups in total. The molecule has 0 bridgehead atoms. The molecule has 1 aliphatic heterocycles. The summed E-state index contributed by atoms with van der Waals surface area (Å²) in [6.07, 6.45) is 2.00. The second kappa shape index (κ2) is 5.72. The lowest BCUT2D eigenvalue weighted by Gasteiger charge is -2.33. The van der Waals surface area contributed by atoms with E-state index in [2.05, 4.69) is 18.7 Å². The first-order chi connectivity index (χ1) is 8.58. The van der Waals surface area contributed by atoms with Crippen molar-refractivity contribution in [2.24, 2.45) is 0 Å². The Kier molecular flexibility index (Phi) is 4.25. The minimum atomic E-state index is -0.428. The van der Waals surface area contributed by atoms with Crippen molar-refractivity contribution in [3.63, 3.8) is 0 Å². The number of para-hydroxylation sites is 1. The molecule has 0 amide bonds. The van der Waals surface area contributed by atoms with Gasteiger partial charge in [0.15, 0.2) is 0 Å². The molecule has 1 aromatic rings. The molecule has 0 radical (unpaired) electrons. The summed E-state index contributed by atoms with van der Waals surface area (Å²) in [7, 11) is 0. The number of rotatable bonds is 5. The number of likely N-dealkylation sites (tertiary alicyclic amines) is 1. The molecule has 1 aromatic carbocycles. The van der Waals surface area contributed by atoms with Gasteiger partial charge in [-0.3, -0.25) is 4.90 Å². The van der Waals surface area contributed by atoms with Gasteiger partial charge < -0.3 is 9.84 Å². The van der Waals surface area contributed by atoms with E-state index in [-0.39, 0.29) is 5.54 Å². The molecular formula is C15H23NO2. The highest BCUT2D eigenvalue weighted by Crippen LogP contribution is 2.28. The van der Waals surface area contributed by atoms with E-state index in [9.17, 15) is 5.11 Å². The van der Waals surface area contributed by atoms with Crippen molar-refractivity contribution in [2.75, 3.05) is 19.7 Å². The summed E-state index contributed by atoms with van der Waals surface area (Å²) in [5.41, 5.74) is 0.216. The molecule has 1 saturated heterocycles. The first kappa shape index (κ1) is 13.4. The number of aliphatic hydroxyl groups is 1. The fourth-order valence-electron chi connectivity index (χ4n) is 2.52. The molecule has 0 spiro atoms. The fourth-order valence-corrected chi connectivity index (χ4v) is 2.52. The van der Waals surface area contributed by atoms with Gasteiger partial charge in [0.1, 0.15) is 18.5 Å². The van der Waals surface area contributed by atoms with Gasteiger partial charge in [-0.1, -0.05) is 18.2 Å². The van der Waals surface area contributed by atoms with Crippen LogP contribution in [0.1, 0.15) is 26.7 Å². The Morgan fingerprint density at radius 2 is 2.06 bits per heavy atom. The van der Waals surface area contributed by atoms with Gasteiger partial charge in [-0.2, -0.15) is 0 Å². The van der Waals surface area contributed by atoms with Gasteiger partial charge in [0.2, 0.25) is 0 Å². The SMILES string of the molecule is CC1(C)CCCN1CC(O)COc1ccccc1. The predicted molar refractivity (Wildman–Crippen MR) is 72.8 cm³/mol. The number of hydrogen-bond donors (Lipinski definition) is 1. The maximum atomic E-state index is 10.0. The topological polar surface area (TPSA) is 32.7 Å². The van der Waals surface area contributed by atoms with E-state index in [0.29, 0.717) is 13.2 Å². The van der Waals surface area contributed by atoms with Gasteiger partial charge in [-0.05, 0) is 45.4 Å². The van der Waals surface area contributed by atoms with Gasteiger partial charge in [-0.25, -0.2) is 0 Å². The Hall–Kier alpha value is -1.06. The second-order valence-electron chi connectivity index (χ2n) is 5.64. The first-order valence-electron chi connectivity index (χ1n) is 6.69. The lowest BCUT2D eigenvalue weighted by atomic mass is 10.0. The van der Waals surface area contributed by atoms with Crippen LogP contribution in [-0.2, 0) is 0 Å². The highest BCUT2D eigenvalue weighted by Gasteiger charge is 2.32. The van der Waals surface area contributed by atoms with Crippen molar-refractivity contribution in [1.29, 1.82) is 0 Å². The number of aliphatic hydroxyl groups excluding tert-OH is 1. The van der Waals surface area contributed by atoms with E-state index in [0.717, 1.165) is 12.3 Å². The Bertz CT molecular complexity index is 364. The molecule has 3 nitrogen and oxygen atoms in total. The van der Waals surface area contributed by atoms with Crippen LogP contribution in [0.3, 0.4) is 0 Å². The average Bonchev–Trinajstić information content (AvgIpc) is 2.68. The maximum absolute atomic E-state index is 10.0. The third-order valence-corrected chi connectivity index (χ3v) is 3.69. The molecule has 3 heteroatoms. The summed E-state index contributed by atoms with van der Waals surface area (Å²) in [6, 6.07) is 9.64. The summed E-state index contributed by atoms with van der Waals surface area (Å²) in [4.78, 5) is 2.35. The van der Waals surface area contributed by atoms with Gasteiger partial charge in [0.05, 0.1) is 0 Å². The normalized spacial score (nSPS) is 20.8. The van der Waals surface area contributed by atoms with E-state index in [4.69, 9.17) is 4.74 Å². The highest BCUT2D eigenvalue weighted by molar-refractivity contribution is 5.20. The summed E-state index contributed by atoms with van der Waals surface area (Å²) in [5, 5.41) is 10.0. The first-order valence-corrected chi connectivity index (χ1v) is 6.69. The van der Waals surface area contributed by atoms with Crippen LogP contribution in [0.2, 0.25) is 0 Å². The van der Waals surface area contributed by atoms with E-state index in [1.165, 1.54) is 12.8 Å². The zero-order chi connectivity index (χ0) is 13.0. The van der Waals surface area contributed by atoms with Crippen LogP contribution in [0.25, 0.3) is 0 Å². The number of benzene rings is 1. The molecule has 1 fully saturated rings. The molecule has 0 saturated carbocycles. The smallest absolute Gasteiger partial charge is 0.119 e. The summed E-state index contributed by atoms with van der Waals surface area (Å²) >= 11 is 0. The van der Waals surface area contributed by atoms with Crippen molar-refractivity contribution in [2.45, 2.75) is 38.3 Å².